The summed E-state index contributed by atoms with van der Waals surface area (Å²) in [6, 6.07) is 14.6. The molecular weight excluding hydrogens is 595 g/mol. The zero-order valence-electron chi connectivity index (χ0n) is 23.7. The molecule has 0 unspecified atom stereocenters. The highest BCUT2D eigenvalue weighted by molar-refractivity contribution is 6.40. The zero-order valence-corrected chi connectivity index (χ0v) is 25.3. The highest BCUT2D eigenvalue weighted by atomic mass is 35.5. The Bertz CT molecular complexity index is 1470. The SMILES string of the molecule is COC(=O)[C@H](Cc1ccc(NC(=O)c2c(Cl)cccc2Cl)cc1)NC(=O)Nc1cc(OC)ccc1C(=O)N1CCCCC1. The third-order valence-electron chi connectivity index (χ3n) is 6.98. The van der Waals surface area contributed by atoms with Gasteiger partial charge in [-0.05, 0) is 61.2 Å². The van der Waals surface area contributed by atoms with Gasteiger partial charge in [-0.1, -0.05) is 41.4 Å². The van der Waals surface area contributed by atoms with Crippen molar-refractivity contribution in [3.63, 3.8) is 0 Å². The maximum absolute atomic E-state index is 13.2. The number of amides is 4. The van der Waals surface area contributed by atoms with Crippen LogP contribution in [-0.4, -0.2) is 62.1 Å². The Balaban J connectivity index is 1.44. The van der Waals surface area contributed by atoms with E-state index in [1.54, 1.807) is 65.6 Å². The molecule has 10 nitrogen and oxygen atoms in total. The molecule has 0 bridgehead atoms. The molecule has 4 amide bonds. The fraction of sp³-hybridized carbons (Fsp3) is 0.290. The predicted molar refractivity (Wildman–Crippen MR) is 165 cm³/mol. The average Bonchev–Trinajstić information content (AvgIpc) is 3.01. The van der Waals surface area contributed by atoms with E-state index in [0.717, 1.165) is 19.3 Å². The molecule has 0 aromatic heterocycles. The van der Waals surface area contributed by atoms with Gasteiger partial charge in [-0.3, -0.25) is 9.59 Å². The van der Waals surface area contributed by atoms with Crippen molar-refractivity contribution in [3.8, 4) is 5.75 Å². The number of esters is 1. The first-order valence-electron chi connectivity index (χ1n) is 13.7. The van der Waals surface area contributed by atoms with E-state index >= 15 is 0 Å². The normalized spacial score (nSPS) is 13.4. The molecule has 0 spiro atoms. The fourth-order valence-electron chi connectivity index (χ4n) is 4.73. The zero-order chi connectivity index (χ0) is 30.9. The number of benzene rings is 3. The smallest absolute Gasteiger partial charge is 0.328 e. The van der Waals surface area contributed by atoms with E-state index in [1.165, 1.54) is 14.2 Å². The lowest BCUT2D eigenvalue weighted by molar-refractivity contribution is -0.142. The van der Waals surface area contributed by atoms with E-state index in [9.17, 15) is 19.2 Å². The van der Waals surface area contributed by atoms with Gasteiger partial charge in [-0.15, -0.1) is 0 Å². The maximum Gasteiger partial charge on any atom is 0.328 e. The number of carbonyl (C=O) groups is 4. The Labute approximate surface area is 259 Å². The van der Waals surface area contributed by atoms with Crippen LogP contribution in [0, 0.1) is 0 Å². The van der Waals surface area contributed by atoms with Crippen LogP contribution >= 0.6 is 23.2 Å². The minimum absolute atomic E-state index is 0.0995. The molecule has 1 fully saturated rings. The molecule has 1 atom stereocenters. The number of anilines is 2. The Morgan fingerprint density at radius 1 is 0.884 bits per heavy atom. The minimum Gasteiger partial charge on any atom is -0.497 e. The van der Waals surface area contributed by atoms with Gasteiger partial charge in [-0.25, -0.2) is 9.59 Å². The third kappa shape index (κ3) is 8.18. The topological polar surface area (TPSA) is 126 Å². The molecule has 1 heterocycles. The van der Waals surface area contributed by atoms with Crippen LogP contribution in [0.4, 0.5) is 16.2 Å². The summed E-state index contributed by atoms with van der Waals surface area (Å²) < 4.78 is 10.2. The molecule has 43 heavy (non-hydrogen) atoms. The van der Waals surface area contributed by atoms with Crippen molar-refractivity contribution in [2.24, 2.45) is 0 Å². The molecule has 3 N–H and O–H groups in total. The molecule has 1 aliphatic heterocycles. The number of piperidine rings is 1. The number of methoxy groups -OCH3 is 2. The Morgan fingerprint density at radius 2 is 1.56 bits per heavy atom. The van der Waals surface area contributed by atoms with E-state index in [0.29, 0.717) is 35.7 Å². The van der Waals surface area contributed by atoms with Crippen LogP contribution in [0.15, 0.2) is 60.7 Å². The number of hydrogen-bond acceptors (Lipinski definition) is 6. The van der Waals surface area contributed by atoms with Crippen molar-refractivity contribution in [2.45, 2.75) is 31.7 Å². The van der Waals surface area contributed by atoms with Crippen molar-refractivity contribution in [3.05, 3.63) is 87.4 Å². The summed E-state index contributed by atoms with van der Waals surface area (Å²) >= 11 is 12.3. The first-order chi connectivity index (χ1) is 20.7. The van der Waals surface area contributed by atoms with Crippen molar-refractivity contribution in [1.82, 2.24) is 10.2 Å². The number of ether oxygens (including phenoxy) is 2. The molecule has 3 aromatic rings. The molecule has 1 aliphatic rings. The van der Waals surface area contributed by atoms with Gasteiger partial charge in [0.1, 0.15) is 11.8 Å². The van der Waals surface area contributed by atoms with E-state index < -0.39 is 23.9 Å². The quantitative estimate of drug-likeness (QED) is 0.258. The summed E-state index contributed by atoms with van der Waals surface area (Å²) in [5.74, 6) is -0.855. The monoisotopic (exact) mass is 626 g/mol. The molecule has 0 aliphatic carbocycles. The number of hydrogen-bond donors (Lipinski definition) is 3. The van der Waals surface area contributed by atoms with Gasteiger partial charge >= 0.3 is 12.0 Å². The van der Waals surface area contributed by atoms with Crippen LogP contribution in [0.5, 0.6) is 5.75 Å². The van der Waals surface area contributed by atoms with Crippen molar-refractivity contribution >= 4 is 58.4 Å². The van der Waals surface area contributed by atoms with Gasteiger partial charge in [0, 0.05) is 31.3 Å². The molecule has 0 radical (unpaired) electrons. The number of likely N-dealkylation sites (tertiary alicyclic amines) is 1. The second-order valence-electron chi connectivity index (χ2n) is 9.89. The summed E-state index contributed by atoms with van der Waals surface area (Å²) in [6.07, 6.45) is 3.02. The molecule has 12 heteroatoms. The third-order valence-corrected chi connectivity index (χ3v) is 7.61. The first-order valence-corrected chi connectivity index (χ1v) is 14.4. The molecule has 1 saturated heterocycles. The summed E-state index contributed by atoms with van der Waals surface area (Å²) in [4.78, 5) is 53.4. The minimum atomic E-state index is -1.04. The molecule has 226 valence electrons. The van der Waals surface area contributed by atoms with E-state index in [4.69, 9.17) is 32.7 Å². The average molecular weight is 628 g/mol. The summed E-state index contributed by atoms with van der Waals surface area (Å²) in [7, 11) is 2.71. The Morgan fingerprint density at radius 3 is 2.19 bits per heavy atom. The summed E-state index contributed by atoms with van der Waals surface area (Å²) in [5, 5.41) is 8.53. The Kier molecular flexibility index (Phi) is 10.9. The fourth-order valence-corrected chi connectivity index (χ4v) is 5.30. The van der Waals surface area contributed by atoms with Gasteiger partial charge in [0.25, 0.3) is 11.8 Å². The van der Waals surface area contributed by atoms with Crippen LogP contribution in [0.2, 0.25) is 10.0 Å². The van der Waals surface area contributed by atoms with Gasteiger partial charge in [-0.2, -0.15) is 0 Å². The predicted octanol–water partition coefficient (Wildman–Crippen LogP) is 5.79. The number of rotatable bonds is 9. The second kappa shape index (κ2) is 14.8. The number of halogens is 2. The van der Waals surface area contributed by atoms with E-state index in [2.05, 4.69) is 16.0 Å². The molecule has 3 aromatic carbocycles. The number of carbonyl (C=O) groups excluding carboxylic acids is 4. The van der Waals surface area contributed by atoms with E-state index in [1.807, 2.05) is 0 Å². The highest BCUT2D eigenvalue weighted by Gasteiger charge is 2.25. The highest BCUT2D eigenvalue weighted by Crippen LogP contribution is 2.27. The van der Waals surface area contributed by atoms with Gasteiger partial charge in [0.2, 0.25) is 0 Å². The molecule has 4 rings (SSSR count). The van der Waals surface area contributed by atoms with Crippen LogP contribution in [0.25, 0.3) is 0 Å². The largest absolute Gasteiger partial charge is 0.497 e. The Hall–Kier alpha value is -4.28. The van der Waals surface area contributed by atoms with Crippen LogP contribution < -0.4 is 20.7 Å². The van der Waals surface area contributed by atoms with Gasteiger partial charge in [0.05, 0.1) is 41.1 Å². The molecule has 0 saturated carbocycles. The lowest BCUT2D eigenvalue weighted by atomic mass is 10.1. The van der Waals surface area contributed by atoms with E-state index in [-0.39, 0.29) is 33.6 Å². The van der Waals surface area contributed by atoms with Crippen LogP contribution in [0.1, 0.15) is 45.5 Å². The van der Waals surface area contributed by atoms with Gasteiger partial charge < -0.3 is 30.3 Å². The van der Waals surface area contributed by atoms with Crippen molar-refractivity contribution in [1.29, 1.82) is 0 Å². The number of nitrogens with zero attached hydrogens (tertiary/aromatic N) is 1. The van der Waals surface area contributed by atoms with Crippen LogP contribution in [0.3, 0.4) is 0 Å². The summed E-state index contributed by atoms with van der Waals surface area (Å²) in [5.41, 5.74) is 1.91. The maximum atomic E-state index is 13.2. The number of urea groups is 1. The lowest BCUT2D eigenvalue weighted by Crippen LogP contribution is -2.45. The van der Waals surface area contributed by atoms with Crippen LogP contribution in [-0.2, 0) is 16.0 Å². The summed E-state index contributed by atoms with van der Waals surface area (Å²) in [6.45, 7) is 1.30. The first kappa shape index (κ1) is 31.7. The number of nitrogens with one attached hydrogen (secondary N) is 3. The van der Waals surface area contributed by atoms with Crippen molar-refractivity contribution < 1.29 is 28.7 Å². The standard InChI is InChI=1S/C31H32Cl2N4O6/c1-42-21-13-14-22(29(39)37-15-4-3-5-16-37)25(18-21)35-31(41)36-26(30(40)43-2)17-19-9-11-20(12-10-19)34-28(38)27-23(32)7-6-8-24(27)33/h6-14,18,26H,3-5,15-17H2,1-2H3,(H,34,38)(H2,35,36,41)/t26-/m0/s1. The second-order valence-corrected chi connectivity index (χ2v) is 10.7. The molecular formula is C31H32Cl2N4O6. The lowest BCUT2D eigenvalue weighted by Gasteiger charge is -2.27. The van der Waals surface area contributed by atoms with Gasteiger partial charge in [0.15, 0.2) is 0 Å². The van der Waals surface area contributed by atoms with Crippen molar-refractivity contribution in [2.75, 3.05) is 37.9 Å².